The van der Waals surface area contributed by atoms with E-state index in [1.807, 2.05) is 16.4 Å². The second-order valence-electron chi connectivity index (χ2n) is 9.00. The first-order chi connectivity index (χ1) is 13.8. The van der Waals surface area contributed by atoms with Gasteiger partial charge in [-0.2, -0.15) is 0 Å². The number of thiophene rings is 1. The predicted octanol–water partition coefficient (Wildman–Crippen LogP) is 4.79. The van der Waals surface area contributed by atoms with Gasteiger partial charge in [0, 0.05) is 24.0 Å². The number of thioether (sulfide) groups is 1. The summed E-state index contributed by atoms with van der Waals surface area (Å²) in [5.74, 6) is 1.62. The molecule has 2 aromatic rings. The Kier molecular flexibility index (Phi) is 6.07. The van der Waals surface area contributed by atoms with E-state index in [1.165, 1.54) is 18.2 Å². The van der Waals surface area contributed by atoms with Crippen LogP contribution in [0.15, 0.2) is 9.95 Å². The van der Waals surface area contributed by atoms with Gasteiger partial charge in [-0.25, -0.2) is 4.98 Å². The Morgan fingerprint density at radius 1 is 1.17 bits per heavy atom. The summed E-state index contributed by atoms with van der Waals surface area (Å²) in [7, 11) is 0. The van der Waals surface area contributed by atoms with Crippen molar-refractivity contribution in [3.8, 4) is 0 Å². The minimum Gasteiger partial charge on any atom is -0.341 e. The van der Waals surface area contributed by atoms with Crippen LogP contribution in [-0.2, 0) is 4.79 Å². The molecule has 2 aliphatic rings. The fourth-order valence-electron chi connectivity index (χ4n) is 4.96. The average Bonchev–Trinajstić information content (AvgIpc) is 3.27. The fourth-order valence-corrected chi connectivity index (χ4v) is 7.00. The van der Waals surface area contributed by atoms with Crippen molar-refractivity contribution in [1.82, 2.24) is 14.5 Å². The third-order valence-corrected chi connectivity index (χ3v) is 8.48. The van der Waals surface area contributed by atoms with Crippen LogP contribution in [0.3, 0.4) is 0 Å². The van der Waals surface area contributed by atoms with Crippen molar-refractivity contribution in [2.45, 2.75) is 71.0 Å². The summed E-state index contributed by atoms with van der Waals surface area (Å²) in [4.78, 5) is 35.2. The molecule has 0 N–H and O–H groups in total. The molecule has 0 aromatic carbocycles. The Morgan fingerprint density at radius 2 is 1.83 bits per heavy atom. The molecular formula is C22H31N3O2S2. The first-order valence-electron chi connectivity index (χ1n) is 10.8. The molecule has 2 unspecified atom stereocenters. The molecule has 1 saturated carbocycles. The van der Waals surface area contributed by atoms with E-state index < -0.39 is 0 Å². The number of carbonyl (C=O) groups is 1. The van der Waals surface area contributed by atoms with E-state index in [-0.39, 0.29) is 17.5 Å². The van der Waals surface area contributed by atoms with Gasteiger partial charge < -0.3 is 4.90 Å². The van der Waals surface area contributed by atoms with Crippen molar-refractivity contribution in [3.63, 3.8) is 0 Å². The van der Waals surface area contributed by atoms with E-state index in [4.69, 9.17) is 4.98 Å². The molecule has 2 aromatic heterocycles. The maximum absolute atomic E-state index is 13.4. The van der Waals surface area contributed by atoms with Crippen LogP contribution in [0.25, 0.3) is 10.2 Å². The van der Waals surface area contributed by atoms with E-state index in [0.717, 1.165) is 64.6 Å². The van der Waals surface area contributed by atoms with Crippen LogP contribution in [0.5, 0.6) is 0 Å². The van der Waals surface area contributed by atoms with Gasteiger partial charge in [0.2, 0.25) is 5.91 Å². The molecule has 1 saturated heterocycles. The molecule has 158 valence electrons. The van der Waals surface area contributed by atoms with Crippen LogP contribution in [0.1, 0.15) is 62.4 Å². The molecule has 0 bridgehead atoms. The topological polar surface area (TPSA) is 55.2 Å². The van der Waals surface area contributed by atoms with Crippen LogP contribution in [0.2, 0.25) is 0 Å². The summed E-state index contributed by atoms with van der Waals surface area (Å²) in [6.45, 7) is 10.2. The van der Waals surface area contributed by atoms with Crippen LogP contribution in [0.4, 0.5) is 0 Å². The molecule has 0 spiro atoms. The molecular weight excluding hydrogens is 402 g/mol. The van der Waals surface area contributed by atoms with Crippen molar-refractivity contribution in [3.05, 3.63) is 20.8 Å². The van der Waals surface area contributed by atoms with Gasteiger partial charge in [0.1, 0.15) is 4.83 Å². The first kappa shape index (κ1) is 20.9. The van der Waals surface area contributed by atoms with Crippen LogP contribution >= 0.6 is 23.1 Å². The number of carbonyl (C=O) groups excluding carboxylic acids is 1. The normalized spacial score (nSPS) is 23.2. The lowest BCUT2D eigenvalue weighted by Gasteiger charge is -2.35. The smallest absolute Gasteiger partial charge is 0.263 e. The minimum atomic E-state index is 0.0823. The molecule has 2 fully saturated rings. The number of likely N-dealkylation sites (tertiary alicyclic amines) is 1. The van der Waals surface area contributed by atoms with E-state index >= 15 is 0 Å². The molecule has 1 aliphatic heterocycles. The molecule has 3 heterocycles. The zero-order valence-electron chi connectivity index (χ0n) is 17.9. The van der Waals surface area contributed by atoms with Gasteiger partial charge >= 0.3 is 0 Å². The third kappa shape index (κ3) is 4.13. The van der Waals surface area contributed by atoms with Gasteiger partial charge in [0.25, 0.3) is 5.56 Å². The number of aromatic nitrogens is 2. The predicted molar refractivity (Wildman–Crippen MR) is 121 cm³/mol. The van der Waals surface area contributed by atoms with Crippen LogP contribution in [-0.4, -0.2) is 39.2 Å². The number of piperidine rings is 1. The van der Waals surface area contributed by atoms with Crippen molar-refractivity contribution in [2.75, 3.05) is 18.8 Å². The zero-order chi connectivity index (χ0) is 20.7. The van der Waals surface area contributed by atoms with Gasteiger partial charge in [-0.15, -0.1) is 11.3 Å². The quantitative estimate of drug-likeness (QED) is 0.514. The number of fused-ring (bicyclic) bond motifs is 1. The molecule has 5 nitrogen and oxygen atoms in total. The molecule has 29 heavy (non-hydrogen) atoms. The summed E-state index contributed by atoms with van der Waals surface area (Å²) in [6, 6.07) is 0.214. The summed E-state index contributed by atoms with van der Waals surface area (Å²) in [5, 5.41) is 1.50. The van der Waals surface area contributed by atoms with Gasteiger partial charge in [0.05, 0.1) is 11.1 Å². The Labute approximate surface area is 180 Å². The van der Waals surface area contributed by atoms with Crippen molar-refractivity contribution >= 4 is 39.2 Å². The van der Waals surface area contributed by atoms with Crippen molar-refractivity contribution in [1.29, 1.82) is 0 Å². The lowest BCUT2D eigenvalue weighted by Crippen LogP contribution is -2.43. The van der Waals surface area contributed by atoms with Crippen LogP contribution < -0.4 is 5.56 Å². The Hall–Kier alpha value is -1.34. The van der Waals surface area contributed by atoms with Gasteiger partial charge in [0.15, 0.2) is 5.16 Å². The summed E-state index contributed by atoms with van der Waals surface area (Å²) in [5.41, 5.74) is 1.14. The molecule has 7 heteroatoms. The number of aryl methyl sites for hydroxylation is 2. The van der Waals surface area contributed by atoms with Crippen molar-refractivity contribution in [2.24, 2.45) is 11.8 Å². The lowest BCUT2D eigenvalue weighted by molar-refractivity contribution is -0.130. The Balaban J connectivity index is 1.63. The van der Waals surface area contributed by atoms with E-state index in [0.29, 0.717) is 17.6 Å². The monoisotopic (exact) mass is 433 g/mol. The fraction of sp³-hybridized carbons (Fsp3) is 0.682. The van der Waals surface area contributed by atoms with Crippen molar-refractivity contribution < 1.29 is 4.79 Å². The number of nitrogens with zero attached hydrogens (tertiary/aromatic N) is 3. The molecule has 1 aliphatic carbocycles. The standard InChI is InChI=1S/C22H31N3O2S2/c1-13-9-14(2)11-24(10-13)18(26)12-28-22-23-20-19(15(3)16(4)29-20)21(27)25(22)17-7-5-6-8-17/h13-14,17H,5-12H2,1-4H3. The summed E-state index contributed by atoms with van der Waals surface area (Å²) in [6.07, 6.45) is 5.55. The number of hydrogen-bond acceptors (Lipinski definition) is 5. The maximum atomic E-state index is 13.4. The van der Waals surface area contributed by atoms with Gasteiger partial charge in [-0.3, -0.25) is 14.2 Å². The third-order valence-electron chi connectivity index (χ3n) is 6.44. The molecule has 4 rings (SSSR count). The number of hydrogen-bond donors (Lipinski definition) is 0. The number of rotatable bonds is 4. The second kappa shape index (κ2) is 8.42. The zero-order valence-corrected chi connectivity index (χ0v) is 19.5. The highest BCUT2D eigenvalue weighted by atomic mass is 32.2. The number of amides is 1. The highest BCUT2D eigenvalue weighted by Gasteiger charge is 2.28. The Morgan fingerprint density at radius 3 is 2.48 bits per heavy atom. The highest BCUT2D eigenvalue weighted by Crippen LogP contribution is 2.34. The van der Waals surface area contributed by atoms with Gasteiger partial charge in [-0.05, 0) is 50.5 Å². The minimum absolute atomic E-state index is 0.0823. The molecule has 0 radical (unpaired) electrons. The Bertz CT molecular complexity index is 965. The maximum Gasteiger partial charge on any atom is 0.263 e. The summed E-state index contributed by atoms with van der Waals surface area (Å²) < 4.78 is 1.91. The second-order valence-corrected chi connectivity index (χ2v) is 11.2. The lowest BCUT2D eigenvalue weighted by atomic mass is 9.92. The first-order valence-corrected chi connectivity index (χ1v) is 12.6. The van der Waals surface area contributed by atoms with Crippen LogP contribution in [0, 0.1) is 25.7 Å². The van der Waals surface area contributed by atoms with Gasteiger partial charge in [-0.1, -0.05) is 38.5 Å². The summed E-state index contributed by atoms with van der Waals surface area (Å²) >= 11 is 3.04. The van der Waals surface area contributed by atoms with E-state index in [1.54, 1.807) is 11.3 Å². The SMILES string of the molecule is Cc1sc2nc(SCC(=O)N3CC(C)CC(C)C3)n(C3CCCC3)c(=O)c2c1C. The largest absolute Gasteiger partial charge is 0.341 e. The molecule has 1 amide bonds. The molecule has 2 atom stereocenters. The van der Waals surface area contributed by atoms with E-state index in [2.05, 4.69) is 20.8 Å². The average molecular weight is 434 g/mol. The van der Waals surface area contributed by atoms with E-state index in [9.17, 15) is 9.59 Å². The highest BCUT2D eigenvalue weighted by molar-refractivity contribution is 7.99.